The predicted molar refractivity (Wildman–Crippen MR) is 111 cm³/mol. The third-order valence-electron chi connectivity index (χ3n) is 5.73. The molecular formula is C23H25N3O3. The monoisotopic (exact) mass is 391 g/mol. The molecule has 1 fully saturated rings. The molecule has 0 bridgehead atoms. The molecule has 1 N–H and O–H groups in total. The van der Waals surface area contributed by atoms with E-state index >= 15 is 0 Å². The average molecular weight is 391 g/mol. The summed E-state index contributed by atoms with van der Waals surface area (Å²) in [7, 11) is 0. The molecule has 1 saturated heterocycles. The van der Waals surface area contributed by atoms with Crippen molar-refractivity contribution in [1.29, 1.82) is 0 Å². The summed E-state index contributed by atoms with van der Waals surface area (Å²) in [6.07, 6.45) is 2.58. The van der Waals surface area contributed by atoms with Crippen LogP contribution in [0, 0.1) is 0 Å². The zero-order valence-corrected chi connectivity index (χ0v) is 16.5. The minimum atomic E-state index is -0.955. The SMILES string of the molecule is CCn1c(C2CCCN2C(=O)CCc2ccccc2C(=O)O)nc2ccccc21. The molecule has 1 atom stereocenters. The molecule has 6 nitrogen and oxygen atoms in total. The van der Waals surface area contributed by atoms with Crippen LogP contribution in [-0.4, -0.2) is 38.0 Å². The summed E-state index contributed by atoms with van der Waals surface area (Å²) >= 11 is 0. The number of hydrogen-bond acceptors (Lipinski definition) is 3. The molecule has 1 aromatic heterocycles. The smallest absolute Gasteiger partial charge is 0.335 e. The molecule has 150 valence electrons. The maximum atomic E-state index is 13.0. The van der Waals surface area contributed by atoms with Crippen LogP contribution in [0.1, 0.15) is 54.0 Å². The molecule has 1 aliphatic rings. The van der Waals surface area contributed by atoms with Crippen molar-refractivity contribution in [3.63, 3.8) is 0 Å². The van der Waals surface area contributed by atoms with Crippen molar-refractivity contribution in [2.75, 3.05) is 6.54 Å². The summed E-state index contributed by atoms with van der Waals surface area (Å²) in [6, 6.07) is 14.9. The van der Waals surface area contributed by atoms with Crippen LogP contribution in [0.15, 0.2) is 48.5 Å². The van der Waals surface area contributed by atoms with Gasteiger partial charge in [0.2, 0.25) is 5.91 Å². The number of benzene rings is 2. The Morgan fingerprint density at radius 2 is 1.90 bits per heavy atom. The summed E-state index contributed by atoms with van der Waals surface area (Å²) in [5.41, 5.74) is 3.02. The molecule has 4 rings (SSSR count). The maximum Gasteiger partial charge on any atom is 0.335 e. The predicted octanol–water partition coefficient (Wildman–Crippen LogP) is 4.05. The first-order valence-electron chi connectivity index (χ1n) is 10.2. The number of carboxylic acid groups (broad SMARTS) is 1. The third kappa shape index (κ3) is 3.62. The van der Waals surface area contributed by atoms with Gasteiger partial charge in [0.15, 0.2) is 0 Å². The number of carboxylic acids is 1. The molecule has 0 aliphatic carbocycles. The van der Waals surface area contributed by atoms with Crippen LogP contribution in [0.2, 0.25) is 0 Å². The standard InChI is InChI=1S/C23H25N3O3/c1-2-25-19-11-6-5-10-18(19)24-22(25)20-12-7-15-26(20)21(27)14-13-16-8-3-4-9-17(16)23(28)29/h3-6,8-11,20H,2,7,12-15H2,1H3,(H,28,29). The molecule has 3 aromatic rings. The number of aromatic carboxylic acids is 1. The summed E-state index contributed by atoms with van der Waals surface area (Å²) in [4.78, 5) is 31.2. The second kappa shape index (κ2) is 8.07. The number of nitrogens with zero attached hydrogens (tertiary/aromatic N) is 3. The lowest BCUT2D eigenvalue weighted by molar-refractivity contribution is -0.132. The Morgan fingerprint density at radius 3 is 2.69 bits per heavy atom. The van der Waals surface area contributed by atoms with E-state index in [4.69, 9.17) is 4.98 Å². The molecule has 0 radical (unpaired) electrons. The lowest BCUT2D eigenvalue weighted by Gasteiger charge is -2.25. The number of hydrogen-bond donors (Lipinski definition) is 1. The van der Waals surface area contributed by atoms with Crippen LogP contribution in [-0.2, 0) is 17.8 Å². The van der Waals surface area contributed by atoms with Gasteiger partial charge in [-0.25, -0.2) is 9.78 Å². The highest BCUT2D eigenvalue weighted by atomic mass is 16.4. The number of para-hydroxylation sites is 2. The molecular weight excluding hydrogens is 366 g/mol. The molecule has 2 aromatic carbocycles. The van der Waals surface area contributed by atoms with Gasteiger partial charge in [0.05, 0.1) is 22.6 Å². The molecule has 1 amide bonds. The fraction of sp³-hybridized carbons (Fsp3) is 0.348. The van der Waals surface area contributed by atoms with Gasteiger partial charge in [-0.15, -0.1) is 0 Å². The van der Waals surface area contributed by atoms with Gasteiger partial charge in [-0.05, 0) is 49.9 Å². The summed E-state index contributed by atoms with van der Waals surface area (Å²) in [6.45, 7) is 3.62. The normalized spacial score (nSPS) is 16.4. The van der Waals surface area contributed by atoms with Gasteiger partial charge in [-0.2, -0.15) is 0 Å². The van der Waals surface area contributed by atoms with Gasteiger partial charge in [0.1, 0.15) is 5.82 Å². The summed E-state index contributed by atoms with van der Waals surface area (Å²) in [5, 5.41) is 9.35. The van der Waals surface area contributed by atoms with Crippen LogP contribution in [0.3, 0.4) is 0 Å². The van der Waals surface area contributed by atoms with Crippen molar-refractivity contribution in [3.8, 4) is 0 Å². The van der Waals surface area contributed by atoms with Crippen LogP contribution in [0.25, 0.3) is 11.0 Å². The highest BCUT2D eigenvalue weighted by Gasteiger charge is 2.33. The van der Waals surface area contributed by atoms with Gasteiger partial charge in [0.25, 0.3) is 0 Å². The molecule has 0 spiro atoms. The molecule has 6 heteroatoms. The Balaban J connectivity index is 1.55. The average Bonchev–Trinajstić information content (AvgIpc) is 3.36. The van der Waals surface area contributed by atoms with E-state index in [1.165, 1.54) is 0 Å². The van der Waals surface area contributed by atoms with Gasteiger partial charge < -0.3 is 14.6 Å². The third-order valence-corrected chi connectivity index (χ3v) is 5.73. The number of rotatable bonds is 6. The Labute approximate surface area is 169 Å². The molecule has 1 aliphatic heterocycles. The van der Waals surface area contributed by atoms with Gasteiger partial charge >= 0.3 is 5.97 Å². The molecule has 0 saturated carbocycles. The Kier molecular flexibility index (Phi) is 5.34. The summed E-state index contributed by atoms with van der Waals surface area (Å²) in [5.74, 6) is 0.0525. The highest BCUT2D eigenvalue weighted by Crippen LogP contribution is 2.34. The topological polar surface area (TPSA) is 75.4 Å². The Morgan fingerprint density at radius 1 is 1.14 bits per heavy atom. The van der Waals surface area contributed by atoms with E-state index in [0.29, 0.717) is 18.4 Å². The summed E-state index contributed by atoms with van der Waals surface area (Å²) < 4.78 is 2.20. The zero-order valence-electron chi connectivity index (χ0n) is 16.5. The van der Waals surface area contributed by atoms with Crippen molar-refractivity contribution >= 4 is 22.9 Å². The lowest BCUT2D eigenvalue weighted by Crippen LogP contribution is -2.32. The number of aryl methyl sites for hydroxylation is 2. The number of imidazole rings is 1. The van der Waals surface area contributed by atoms with Crippen molar-refractivity contribution in [1.82, 2.24) is 14.5 Å². The van der Waals surface area contributed by atoms with Gasteiger partial charge in [-0.3, -0.25) is 4.79 Å². The minimum Gasteiger partial charge on any atom is -0.478 e. The van der Waals surface area contributed by atoms with E-state index < -0.39 is 5.97 Å². The van der Waals surface area contributed by atoms with Gasteiger partial charge in [0, 0.05) is 19.5 Å². The largest absolute Gasteiger partial charge is 0.478 e. The van der Waals surface area contributed by atoms with E-state index in [0.717, 1.165) is 42.8 Å². The lowest BCUT2D eigenvalue weighted by atomic mass is 10.0. The zero-order chi connectivity index (χ0) is 20.4. The van der Waals surface area contributed by atoms with Crippen molar-refractivity contribution in [3.05, 3.63) is 65.5 Å². The van der Waals surface area contributed by atoms with E-state index in [1.54, 1.807) is 18.2 Å². The fourth-order valence-electron chi connectivity index (χ4n) is 4.35. The maximum absolute atomic E-state index is 13.0. The van der Waals surface area contributed by atoms with E-state index in [1.807, 2.05) is 29.2 Å². The fourth-order valence-corrected chi connectivity index (χ4v) is 4.35. The van der Waals surface area contributed by atoms with Crippen molar-refractivity contribution in [2.24, 2.45) is 0 Å². The van der Waals surface area contributed by atoms with Crippen molar-refractivity contribution in [2.45, 2.75) is 45.2 Å². The van der Waals surface area contributed by atoms with Crippen LogP contribution in [0.4, 0.5) is 0 Å². The van der Waals surface area contributed by atoms with Crippen molar-refractivity contribution < 1.29 is 14.7 Å². The number of carbonyl (C=O) groups is 2. The molecule has 29 heavy (non-hydrogen) atoms. The first kappa shape index (κ1) is 19.2. The number of amides is 1. The van der Waals surface area contributed by atoms with E-state index in [-0.39, 0.29) is 17.5 Å². The second-order valence-corrected chi connectivity index (χ2v) is 7.41. The highest BCUT2D eigenvalue weighted by molar-refractivity contribution is 5.89. The first-order valence-corrected chi connectivity index (χ1v) is 10.2. The van der Waals surface area contributed by atoms with Crippen LogP contribution in [0.5, 0.6) is 0 Å². The number of fused-ring (bicyclic) bond motifs is 1. The number of aromatic nitrogens is 2. The molecule has 1 unspecified atom stereocenters. The Bertz CT molecular complexity index is 1060. The van der Waals surface area contributed by atoms with Gasteiger partial charge in [-0.1, -0.05) is 30.3 Å². The van der Waals surface area contributed by atoms with Crippen LogP contribution >= 0.6 is 0 Å². The number of carbonyl (C=O) groups excluding carboxylic acids is 1. The van der Waals surface area contributed by atoms with E-state index in [9.17, 15) is 14.7 Å². The minimum absolute atomic E-state index is 0.0235. The first-order chi connectivity index (χ1) is 14.1. The number of likely N-dealkylation sites (tertiary alicyclic amines) is 1. The van der Waals surface area contributed by atoms with E-state index in [2.05, 4.69) is 17.6 Å². The second-order valence-electron chi connectivity index (χ2n) is 7.41. The molecule has 2 heterocycles. The van der Waals surface area contributed by atoms with Crippen LogP contribution < -0.4 is 0 Å². The Hall–Kier alpha value is -3.15. The quantitative estimate of drug-likeness (QED) is 0.688.